The number of carbonyl (C=O) groups excluding carboxylic acids is 2. The number of likely N-dealkylation sites (tertiary alicyclic amines) is 1. The van der Waals surface area contributed by atoms with E-state index in [2.05, 4.69) is 0 Å². The van der Waals surface area contributed by atoms with Gasteiger partial charge >= 0.3 is 0 Å². The molecule has 1 spiro atoms. The Morgan fingerprint density at radius 3 is 2.32 bits per heavy atom. The fourth-order valence-corrected chi connectivity index (χ4v) is 5.31. The average Bonchev–Trinajstić information content (AvgIpc) is 2.73. The van der Waals surface area contributed by atoms with Crippen LogP contribution in [0.5, 0.6) is 0 Å². The lowest BCUT2D eigenvalue weighted by atomic mass is 9.86. The van der Waals surface area contributed by atoms with Crippen LogP contribution in [0.25, 0.3) is 0 Å². The van der Waals surface area contributed by atoms with Crippen LogP contribution in [0.1, 0.15) is 13.3 Å². The average molecular weight is 365 g/mol. The van der Waals surface area contributed by atoms with E-state index in [9.17, 15) is 18.0 Å². The summed E-state index contributed by atoms with van der Waals surface area (Å²) in [6, 6.07) is 8.29. The zero-order valence-corrected chi connectivity index (χ0v) is 15.3. The molecular formula is C17H23N3O4S. The predicted octanol–water partition coefficient (Wildman–Crippen LogP) is 0.388. The van der Waals surface area contributed by atoms with Crippen molar-refractivity contribution in [2.24, 2.45) is 5.41 Å². The van der Waals surface area contributed by atoms with Crippen LogP contribution < -0.4 is 0 Å². The molecule has 0 N–H and O–H groups in total. The van der Waals surface area contributed by atoms with Gasteiger partial charge in [0.25, 0.3) is 0 Å². The first-order valence-corrected chi connectivity index (χ1v) is 9.72. The quantitative estimate of drug-likeness (QED) is 0.759. The van der Waals surface area contributed by atoms with Gasteiger partial charge in [-0.15, -0.1) is 0 Å². The summed E-state index contributed by atoms with van der Waals surface area (Å²) in [5.41, 5.74) is -0.560. The summed E-state index contributed by atoms with van der Waals surface area (Å²) < 4.78 is 27.5. The molecule has 1 atom stereocenters. The van der Waals surface area contributed by atoms with Gasteiger partial charge in [0.15, 0.2) is 0 Å². The van der Waals surface area contributed by atoms with Gasteiger partial charge < -0.3 is 9.80 Å². The highest BCUT2D eigenvalue weighted by molar-refractivity contribution is 7.89. The van der Waals surface area contributed by atoms with Crippen molar-refractivity contribution in [3.05, 3.63) is 30.3 Å². The van der Waals surface area contributed by atoms with Gasteiger partial charge in [-0.2, -0.15) is 4.31 Å². The SMILES string of the molecule is CC(=O)N1CCN(S(=O)(=O)c2ccccc2)C[C@@]2(CC(=O)N(C)C2)C1. The van der Waals surface area contributed by atoms with Crippen LogP contribution in [0, 0.1) is 5.41 Å². The van der Waals surface area contributed by atoms with Gasteiger partial charge in [-0.3, -0.25) is 9.59 Å². The van der Waals surface area contributed by atoms with Gasteiger partial charge in [-0.1, -0.05) is 18.2 Å². The number of rotatable bonds is 2. The molecule has 2 heterocycles. The summed E-state index contributed by atoms with van der Waals surface area (Å²) in [4.78, 5) is 27.6. The molecule has 0 radical (unpaired) electrons. The maximum atomic E-state index is 13.0. The molecule has 2 fully saturated rings. The molecule has 0 unspecified atom stereocenters. The number of sulfonamides is 1. The van der Waals surface area contributed by atoms with Crippen molar-refractivity contribution in [2.45, 2.75) is 18.2 Å². The van der Waals surface area contributed by atoms with Gasteiger partial charge in [-0.05, 0) is 12.1 Å². The first-order valence-electron chi connectivity index (χ1n) is 8.28. The molecule has 2 aliphatic heterocycles. The van der Waals surface area contributed by atoms with Gasteiger partial charge in [0, 0.05) is 58.5 Å². The molecular weight excluding hydrogens is 342 g/mol. The largest absolute Gasteiger partial charge is 0.345 e. The van der Waals surface area contributed by atoms with E-state index in [0.29, 0.717) is 19.6 Å². The van der Waals surface area contributed by atoms with E-state index in [0.717, 1.165) is 0 Å². The lowest BCUT2D eigenvalue weighted by molar-refractivity contribution is -0.130. The van der Waals surface area contributed by atoms with Crippen LogP contribution >= 0.6 is 0 Å². The van der Waals surface area contributed by atoms with Crippen LogP contribution in [0.4, 0.5) is 0 Å². The third kappa shape index (κ3) is 3.41. The molecule has 1 aromatic carbocycles. The minimum absolute atomic E-state index is 0.0116. The Balaban J connectivity index is 1.96. The van der Waals surface area contributed by atoms with Crippen molar-refractivity contribution >= 4 is 21.8 Å². The lowest BCUT2D eigenvalue weighted by Gasteiger charge is -2.32. The molecule has 0 aromatic heterocycles. The third-order valence-electron chi connectivity index (χ3n) is 5.01. The van der Waals surface area contributed by atoms with Crippen LogP contribution in [0.15, 0.2) is 35.2 Å². The van der Waals surface area contributed by atoms with Crippen molar-refractivity contribution in [3.63, 3.8) is 0 Å². The standard InChI is InChI=1S/C17H23N3O4S/c1-14(21)19-8-9-20(25(23,24)15-6-4-3-5-7-15)13-17(12-19)10-16(22)18(2)11-17/h3-7H,8-13H2,1-2H3/t17-/m1/s1. The van der Waals surface area contributed by atoms with Crippen molar-refractivity contribution < 1.29 is 18.0 Å². The Labute approximate surface area is 148 Å². The Bertz CT molecular complexity index is 780. The molecule has 8 heteroatoms. The second-order valence-corrected chi connectivity index (χ2v) is 8.96. The Morgan fingerprint density at radius 1 is 1.08 bits per heavy atom. The highest BCUT2D eigenvalue weighted by atomic mass is 32.2. The maximum absolute atomic E-state index is 13.0. The summed E-state index contributed by atoms with van der Waals surface area (Å²) in [6.07, 6.45) is 0.258. The van der Waals surface area contributed by atoms with E-state index < -0.39 is 15.4 Å². The summed E-state index contributed by atoms with van der Waals surface area (Å²) in [6.45, 7) is 3.15. The van der Waals surface area contributed by atoms with Gasteiger partial charge in [0.2, 0.25) is 21.8 Å². The molecule has 3 rings (SSSR count). The summed E-state index contributed by atoms with van der Waals surface area (Å²) >= 11 is 0. The van der Waals surface area contributed by atoms with Crippen molar-refractivity contribution in [1.82, 2.24) is 14.1 Å². The maximum Gasteiger partial charge on any atom is 0.243 e. The molecule has 1 aromatic rings. The highest BCUT2D eigenvalue weighted by Crippen LogP contribution is 2.36. The van der Waals surface area contributed by atoms with Crippen molar-refractivity contribution in [3.8, 4) is 0 Å². The number of benzene rings is 1. The number of hydrogen-bond donors (Lipinski definition) is 0. The van der Waals surface area contributed by atoms with Crippen LogP contribution in [-0.4, -0.2) is 74.1 Å². The Hall–Kier alpha value is -1.93. The second kappa shape index (κ2) is 6.42. The molecule has 0 bridgehead atoms. The number of carbonyl (C=O) groups is 2. The topological polar surface area (TPSA) is 78.0 Å². The normalized spacial score (nSPS) is 25.4. The molecule has 7 nitrogen and oxygen atoms in total. The monoisotopic (exact) mass is 365 g/mol. The summed E-state index contributed by atoms with van der Waals surface area (Å²) in [5, 5.41) is 0. The van der Waals surface area contributed by atoms with E-state index in [1.165, 1.54) is 11.2 Å². The van der Waals surface area contributed by atoms with E-state index in [1.54, 1.807) is 47.2 Å². The van der Waals surface area contributed by atoms with E-state index in [-0.39, 0.29) is 36.2 Å². The van der Waals surface area contributed by atoms with E-state index in [4.69, 9.17) is 0 Å². The zero-order valence-electron chi connectivity index (χ0n) is 14.5. The fourth-order valence-electron chi connectivity index (χ4n) is 3.75. The second-order valence-electron chi connectivity index (χ2n) is 7.02. The van der Waals surface area contributed by atoms with Crippen molar-refractivity contribution in [2.75, 3.05) is 39.8 Å². The van der Waals surface area contributed by atoms with Crippen LogP contribution in [0.2, 0.25) is 0 Å². The van der Waals surface area contributed by atoms with Crippen LogP contribution in [-0.2, 0) is 19.6 Å². The molecule has 0 aliphatic carbocycles. The van der Waals surface area contributed by atoms with Gasteiger partial charge in [0.05, 0.1) is 4.90 Å². The smallest absolute Gasteiger partial charge is 0.243 e. The summed E-state index contributed by atoms with van der Waals surface area (Å²) in [7, 11) is -1.95. The first kappa shape index (κ1) is 17.9. The minimum atomic E-state index is -3.67. The highest BCUT2D eigenvalue weighted by Gasteiger charge is 2.47. The molecule has 136 valence electrons. The predicted molar refractivity (Wildman–Crippen MR) is 92.1 cm³/mol. The number of amides is 2. The van der Waals surface area contributed by atoms with Gasteiger partial charge in [0.1, 0.15) is 0 Å². The molecule has 2 aliphatic rings. The Kier molecular flexibility index (Phi) is 4.59. The van der Waals surface area contributed by atoms with Gasteiger partial charge in [-0.25, -0.2) is 8.42 Å². The lowest BCUT2D eigenvalue weighted by Crippen LogP contribution is -2.44. The number of hydrogen-bond acceptors (Lipinski definition) is 4. The van der Waals surface area contributed by atoms with E-state index in [1.807, 2.05) is 0 Å². The zero-order chi connectivity index (χ0) is 18.2. The molecule has 2 saturated heterocycles. The first-order chi connectivity index (χ1) is 11.7. The van der Waals surface area contributed by atoms with Crippen molar-refractivity contribution in [1.29, 1.82) is 0 Å². The summed E-state index contributed by atoms with van der Waals surface area (Å²) in [5.74, 6) is -0.109. The minimum Gasteiger partial charge on any atom is -0.345 e. The molecule has 25 heavy (non-hydrogen) atoms. The third-order valence-corrected chi connectivity index (χ3v) is 6.87. The van der Waals surface area contributed by atoms with E-state index >= 15 is 0 Å². The molecule has 2 amide bonds. The van der Waals surface area contributed by atoms with Crippen LogP contribution in [0.3, 0.4) is 0 Å². The fraction of sp³-hybridized carbons (Fsp3) is 0.529. The molecule has 0 saturated carbocycles. The number of nitrogens with zero attached hydrogens (tertiary/aromatic N) is 3. The Morgan fingerprint density at radius 2 is 1.76 bits per heavy atom.